The topological polar surface area (TPSA) is 29.1 Å². The van der Waals surface area contributed by atoms with E-state index in [1.165, 1.54) is 11.8 Å². The third kappa shape index (κ3) is 3.57. The minimum Gasteiger partial charge on any atom is -0.322 e. The van der Waals surface area contributed by atoms with Crippen LogP contribution in [-0.4, -0.2) is 11.7 Å². The van der Waals surface area contributed by atoms with E-state index >= 15 is 0 Å². The second-order valence-corrected chi connectivity index (χ2v) is 5.35. The predicted octanol–water partition coefficient (Wildman–Crippen LogP) is 4.33. The van der Waals surface area contributed by atoms with Gasteiger partial charge in [-0.1, -0.05) is 19.1 Å². The van der Waals surface area contributed by atoms with Crippen molar-refractivity contribution >= 4 is 23.4 Å². The highest BCUT2D eigenvalue weighted by molar-refractivity contribution is 7.99. The van der Waals surface area contributed by atoms with E-state index in [1.807, 2.05) is 19.1 Å². The van der Waals surface area contributed by atoms with Gasteiger partial charge in [0.15, 0.2) is 0 Å². The molecular weight excluding hydrogens is 280 g/mol. The van der Waals surface area contributed by atoms with Crippen molar-refractivity contribution in [1.82, 2.24) is 0 Å². The molecule has 0 saturated heterocycles. The van der Waals surface area contributed by atoms with Gasteiger partial charge in [0.1, 0.15) is 11.6 Å². The number of hydrogen-bond acceptors (Lipinski definition) is 2. The number of amides is 1. The maximum Gasteiger partial charge on any atom is 0.256 e. The molecule has 0 fully saturated rings. The van der Waals surface area contributed by atoms with Crippen molar-refractivity contribution in [3.8, 4) is 0 Å². The lowest BCUT2D eigenvalue weighted by atomic mass is 10.2. The van der Waals surface area contributed by atoms with E-state index in [0.29, 0.717) is 5.56 Å². The van der Waals surface area contributed by atoms with Crippen molar-refractivity contribution < 1.29 is 13.6 Å². The molecule has 0 aliphatic heterocycles. The van der Waals surface area contributed by atoms with E-state index in [4.69, 9.17) is 0 Å². The fourth-order valence-electron chi connectivity index (χ4n) is 1.76. The van der Waals surface area contributed by atoms with Crippen LogP contribution in [0.3, 0.4) is 0 Å². The van der Waals surface area contributed by atoms with Crippen LogP contribution >= 0.6 is 11.8 Å². The van der Waals surface area contributed by atoms with Gasteiger partial charge >= 0.3 is 0 Å². The number of rotatable bonds is 4. The van der Waals surface area contributed by atoms with Gasteiger partial charge < -0.3 is 5.32 Å². The number of hydrogen-bond donors (Lipinski definition) is 1. The van der Waals surface area contributed by atoms with Gasteiger partial charge in [0.05, 0.1) is 5.56 Å². The largest absolute Gasteiger partial charge is 0.322 e. The van der Waals surface area contributed by atoms with E-state index < -0.39 is 11.6 Å². The normalized spacial score (nSPS) is 10.3. The number of carbonyl (C=O) groups is 1. The maximum absolute atomic E-state index is 13.1. The predicted molar refractivity (Wildman–Crippen MR) is 77.2 cm³/mol. The highest BCUT2D eigenvalue weighted by Crippen LogP contribution is 2.23. The summed E-state index contributed by atoms with van der Waals surface area (Å²) in [6.07, 6.45) is 0. The van der Waals surface area contributed by atoms with Crippen molar-refractivity contribution in [2.45, 2.75) is 11.8 Å². The van der Waals surface area contributed by atoms with Crippen molar-refractivity contribution in [3.05, 3.63) is 59.7 Å². The smallest absolute Gasteiger partial charge is 0.256 e. The lowest BCUT2D eigenvalue weighted by Crippen LogP contribution is -2.13. The molecular formula is C15H13F2NOS. The second kappa shape index (κ2) is 6.52. The van der Waals surface area contributed by atoms with Gasteiger partial charge in [0.2, 0.25) is 0 Å². The number of halogens is 2. The Morgan fingerprint density at radius 2 is 1.80 bits per heavy atom. The average Bonchev–Trinajstić information content (AvgIpc) is 2.38. The Balaban J connectivity index is 2.23. The molecule has 2 aromatic rings. The fourth-order valence-corrected chi connectivity index (χ4v) is 2.56. The first kappa shape index (κ1) is 14.5. The van der Waals surface area contributed by atoms with Crippen LogP contribution in [0.2, 0.25) is 0 Å². The van der Waals surface area contributed by atoms with E-state index in [0.717, 1.165) is 28.8 Å². The summed E-state index contributed by atoms with van der Waals surface area (Å²) in [7, 11) is 0. The SMILES string of the molecule is CCSc1ccccc1C(=O)Nc1cc(F)cc(F)c1. The Morgan fingerprint density at radius 3 is 2.45 bits per heavy atom. The van der Waals surface area contributed by atoms with Crippen molar-refractivity contribution in [2.75, 3.05) is 11.1 Å². The minimum atomic E-state index is -0.725. The molecule has 20 heavy (non-hydrogen) atoms. The van der Waals surface area contributed by atoms with E-state index in [9.17, 15) is 13.6 Å². The summed E-state index contributed by atoms with van der Waals surface area (Å²) in [6, 6.07) is 10.0. The number of carbonyl (C=O) groups excluding carboxylic acids is 1. The molecule has 0 spiro atoms. The molecule has 1 N–H and O–H groups in total. The number of benzene rings is 2. The van der Waals surface area contributed by atoms with Crippen LogP contribution in [0.1, 0.15) is 17.3 Å². The van der Waals surface area contributed by atoms with Crippen molar-refractivity contribution in [1.29, 1.82) is 0 Å². The van der Waals surface area contributed by atoms with E-state index in [2.05, 4.69) is 5.32 Å². The van der Waals surface area contributed by atoms with Gasteiger partial charge in [-0.2, -0.15) is 0 Å². The summed E-state index contributed by atoms with van der Waals surface area (Å²) >= 11 is 1.54. The molecule has 0 saturated carbocycles. The standard InChI is InChI=1S/C15H13F2NOS/c1-2-20-14-6-4-3-5-13(14)15(19)18-12-8-10(16)7-11(17)9-12/h3-9H,2H2,1H3,(H,18,19). The van der Waals surface area contributed by atoms with Gasteiger partial charge in [-0.15, -0.1) is 11.8 Å². The molecule has 2 aromatic carbocycles. The molecule has 0 bridgehead atoms. The summed E-state index contributed by atoms with van der Waals surface area (Å²) in [5, 5.41) is 2.51. The molecule has 0 radical (unpaired) electrons. The number of anilines is 1. The second-order valence-electron chi connectivity index (χ2n) is 4.04. The van der Waals surface area contributed by atoms with Crippen LogP contribution in [0.15, 0.2) is 47.4 Å². The van der Waals surface area contributed by atoms with Gasteiger partial charge in [-0.3, -0.25) is 4.79 Å². The van der Waals surface area contributed by atoms with Gasteiger partial charge in [-0.05, 0) is 30.0 Å². The Bertz CT molecular complexity index is 611. The highest BCUT2D eigenvalue weighted by atomic mass is 32.2. The molecule has 5 heteroatoms. The van der Waals surface area contributed by atoms with Crippen LogP contribution in [0.4, 0.5) is 14.5 Å². The quantitative estimate of drug-likeness (QED) is 0.850. The summed E-state index contributed by atoms with van der Waals surface area (Å²) in [5.41, 5.74) is 0.591. The molecule has 2 rings (SSSR count). The molecule has 1 amide bonds. The first-order chi connectivity index (χ1) is 9.60. The van der Waals surface area contributed by atoms with E-state index in [-0.39, 0.29) is 11.6 Å². The van der Waals surface area contributed by atoms with Crippen LogP contribution in [0.25, 0.3) is 0 Å². The Hall–Kier alpha value is -1.88. The molecule has 0 aromatic heterocycles. The molecule has 104 valence electrons. The van der Waals surface area contributed by atoms with Gasteiger partial charge in [-0.25, -0.2) is 8.78 Å². The molecule has 2 nitrogen and oxygen atoms in total. The summed E-state index contributed by atoms with van der Waals surface area (Å²) in [5.74, 6) is -1.00. The Labute approximate surface area is 120 Å². The number of nitrogens with one attached hydrogen (secondary N) is 1. The fraction of sp³-hybridized carbons (Fsp3) is 0.133. The first-order valence-electron chi connectivity index (χ1n) is 6.09. The zero-order chi connectivity index (χ0) is 14.5. The van der Waals surface area contributed by atoms with Crippen LogP contribution < -0.4 is 5.32 Å². The van der Waals surface area contributed by atoms with Crippen molar-refractivity contribution in [3.63, 3.8) is 0 Å². The maximum atomic E-state index is 13.1. The summed E-state index contributed by atoms with van der Waals surface area (Å²) in [4.78, 5) is 13.0. The first-order valence-corrected chi connectivity index (χ1v) is 7.08. The lowest BCUT2D eigenvalue weighted by molar-refractivity contribution is 0.102. The van der Waals surface area contributed by atoms with Crippen molar-refractivity contribution in [2.24, 2.45) is 0 Å². The van der Waals surface area contributed by atoms with Crippen LogP contribution in [0, 0.1) is 11.6 Å². The molecule has 0 atom stereocenters. The lowest BCUT2D eigenvalue weighted by Gasteiger charge is -2.09. The monoisotopic (exact) mass is 293 g/mol. The molecule has 0 aliphatic carbocycles. The Morgan fingerprint density at radius 1 is 1.15 bits per heavy atom. The zero-order valence-corrected chi connectivity index (χ0v) is 11.6. The summed E-state index contributed by atoms with van der Waals surface area (Å²) in [6.45, 7) is 1.99. The van der Waals surface area contributed by atoms with Crippen LogP contribution in [-0.2, 0) is 0 Å². The van der Waals surface area contributed by atoms with Crippen LogP contribution in [0.5, 0.6) is 0 Å². The highest BCUT2D eigenvalue weighted by Gasteiger charge is 2.12. The average molecular weight is 293 g/mol. The molecule has 0 aliphatic rings. The third-order valence-corrected chi connectivity index (χ3v) is 3.51. The van der Waals surface area contributed by atoms with Gasteiger partial charge in [0, 0.05) is 16.6 Å². The minimum absolute atomic E-state index is 0.101. The third-order valence-electron chi connectivity index (χ3n) is 2.55. The Kier molecular flexibility index (Phi) is 4.74. The van der Waals surface area contributed by atoms with E-state index in [1.54, 1.807) is 12.1 Å². The number of thioether (sulfide) groups is 1. The molecule has 0 unspecified atom stereocenters. The summed E-state index contributed by atoms with van der Waals surface area (Å²) < 4.78 is 26.2. The van der Waals surface area contributed by atoms with Gasteiger partial charge in [0.25, 0.3) is 5.91 Å². The molecule has 0 heterocycles. The zero-order valence-electron chi connectivity index (χ0n) is 10.8.